The molecule has 0 aliphatic carbocycles. The topological polar surface area (TPSA) is 113 Å². The number of carboxylic acids is 1. The molecule has 0 radical (unpaired) electrons. The SMILES string of the molecule is O=C(O)c1ccc2c(c1)C(=O)OC21c2cc(F)c(O)c(F)c2Oc2c1cc(F)c(O)c2F. The van der Waals surface area contributed by atoms with Gasteiger partial charge in [0.15, 0.2) is 40.2 Å². The van der Waals surface area contributed by atoms with Gasteiger partial charge in [0.25, 0.3) is 0 Å². The quantitative estimate of drug-likeness (QED) is 0.382. The Morgan fingerprint density at radius 1 is 0.844 bits per heavy atom. The number of aromatic carboxylic acids is 1. The summed E-state index contributed by atoms with van der Waals surface area (Å²) < 4.78 is 68.6. The number of phenolic OH excluding ortho intramolecular Hbond substituents is 2. The van der Waals surface area contributed by atoms with Gasteiger partial charge in [0.1, 0.15) is 0 Å². The van der Waals surface area contributed by atoms with Crippen LogP contribution in [0.3, 0.4) is 0 Å². The van der Waals surface area contributed by atoms with Gasteiger partial charge in [-0.2, -0.15) is 8.78 Å². The van der Waals surface area contributed by atoms with E-state index in [1.807, 2.05) is 0 Å². The van der Waals surface area contributed by atoms with Crippen LogP contribution in [0.15, 0.2) is 30.3 Å². The lowest BCUT2D eigenvalue weighted by molar-refractivity contribution is 0.0215. The minimum Gasteiger partial charge on any atom is -0.503 e. The fourth-order valence-corrected chi connectivity index (χ4v) is 3.95. The van der Waals surface area contributed by atoms with Crippen LogP contribution in [0.5, 0.6) is 23.0 Å². The van der Waals surface area contributed by atoms with E-state index in [9.17, 15) is 42.5 Å². The van der Waals surface area contributed by atoms with Crippen LogP contribution in [-0.4, -0.2) is 27.3 Å². The van der Waals surface area contributed by atoms with Crippen molar-refractivity contribution in [3.8, 4) is 23.0 Å². The molecule has 3 N–H and O–H groups in total. The summed E-state index contributed by atoms with van der Waals surface area (Å²) in [4.78, 5) is 24.0. The number of aromatic hydroxyl groups is 2. The minimum atomic E-state index is -2.38. The molecular formula is C21H8F4O7. The van der Waals surface area contributed by atoms with Crippen molar-refractivity contribution in [3.05, 3.63) is 81.4 Å². The molecule has 0 bridgehead atoms. The summed E-state index contributed by atoms with van der Waals surface area (Å²) in [5.41, 5.74) is -4.35. The molecular weight excluding hydrogens is 440 g/mol. The molecule has 0 fully saturated rings. The van der Waals surface area contributed by atoms with Gasteiger partial charge in [-0.15, -0.1) is 0 Å². The zero-order valence-corrected chi connectivity index (χ0v) is 15.4. The van der Waals surface area contributed by atoms with Crippen LogP contribution in [0, 0.1) is 23.3 Å². The molecule has 2 aliphatic heterocycles. The van der Waals surface area contributed by atoms with E-state index >= 15 is 0 Å². The average Bonchev–Trinajstić information content (AvgIpc) is 3.05. The first-order chi connectivity index (χ1) is 15.1. The van der Waals surface area contributed by atoms with Gasteiger partial charge >= 0.3 is 11.9 Å². The molecule has 3 aromatic carbocycles. The van der Waals surface area contributed by atoms with Gasteiger partial charge in [-0.1, -0.05) is 6.07 Å². The molecule has 7 nitrogen and oxygen atoms in total. The Balaban J connectivity index is 1.95. The minimum absolute atomic E-state index is 0.188. The summed E-state index contributed by atoms with van der Waals surface area (Å²) in [6.45, 7) is 0. The summed E-state index contributed by atoms with van der Waals surface area (Å²) >= 11 is 0. The molecule has 11 heteroatoms. The molecule has 32 heavy (non-hydrogen) atoms. The molecule has 5 rings (SSSR count). The first-order valence-electron chi connectivity index (χ1n) is 8.79. The predicted octanol–water partition coefficient (Wildman–Crippen LogP) is 3.92. The van der Waals surface area contributed by atoms with E-state index < -0.39 is 74.9 Å². The highest BCUT2D eigenvalue weighted by molar-refractivity contribution is 6.00. The maximum absolute atomic E-state index is 14.7. The zero-order chi connectivity index (χ0) is 23.1. The highest BCUT2D eigenvalue weighted by Crippen LogP contribution is 2.59. The van der Waals surface area contributed by atoms with Gasteiger partial charge in [0.05, 0.1) is 22.3 Å². The molecule has 1 spiro atoms. The first kappa shape index (κ1) is 19.7. The molecule has 162 valence electrons. The molecule has 0 saturated heterocycles. The number of carboxylic acid groups (broad SMARTS) is 1. The van der Waals surface area contributed by atoms with Crippen molar-refractivity contribution in [1.29, 1.82) is 0 Å². The number of hydrogen-bond donors (Lipinski definition) is 3. The summed E-state index contributed by atoms with van der Waals surface area (Å²) in [5.74, 6) is -13.7. The van der Waals surface area contributed by atoms with E-state index in [0.29, 0.717) is 12.1 Å². The lowest BCUT2D eigenvalue weighted by Crippen LogP contribution is -2.34. The van der Waals surface area contributed by atoms with Crippen LogP contribution >= 0.6 is 0 Å². The van der Waals surface area contributed by atoms with Crippen LogP contribution in [0.1, 0.15) is 37.4 Å². The van der Waals surface area contributed by atoms with Crippen LogP contribution in [0.25, 0.3) is 0 Å². The van der Waals surface area contributed by atoms with Crippen molar-refractivity contribution in [1.82, 2.24) is 0 Å². The maximum Gasteiger partial charge on any atom is 0.340 e. The third-order valence-electron chi connectivity index (χ3n) is 5.37. The van der Waals surface area contributed by atoms with Crippen molar-refractivity contribution < 1.29 is 51.9 Å². The number of phenols is 2. The zero-order valence-electron chi connectivity index (χ0n) is 15.4. The lowest BCUT2D eigenvalue weighted by Gasteiger charge is -2.36. The Morgan fingerprint density at radius 2 is 1.38 bits per heavy atom. The van der Waals surface area contributed by atoms with Crippen molar-refractivity contribution in [2.24, 2.45) is 0 Å². The first-order valence-corrected chi connectivity index (χ1v) is 8.79. The molecule has 0 atom stereocenters. The molecule has 3 aromatic rings. The number of halogens is 4. The van der Waals surface area contributed by atoms with Gasteiger partial charge < -0.3 is 24.8 Å². The molecule has 0 saturated carbocycles. The molecule has 2 aliphatic rings. The van der Waals surface area contributed by atoms with E-state index in [2.05, 4.69) is 0 Å². The number of rotatable bonds is 1. The van der Waals surface area contributed by atoms with Crippen LogP contribution in [0.4, 0.5) is 17.6 Å². The van der Waals surface area contributed by atoms with Gasteiger partial charge in [-0.25, -0.2) is 18.4 Å². The van der Waals surface area contributed by atoms with E-state index in [4.69, 9.17) is 9.47 Å². The Labute approximate surface area is 174 Å². The monoisotopic (exact) mass is 448 g/mol. The van der Waals surface area contributed by atoms with E-state index in [1.54, 1.807) is 0 Å². The van der Waals surface area contributed by atoms with Gasteiger partial charge in [-0.3, -0.25) is 0 Å². The van der Waals surface area contributed by atoms with Crippen LogP contribution < -0.4 is 4.74 Å². The summed E-state index contributed by atoms with van der Waals surface area (Å²) in [5, 5.41) is 28.5. The second kappa shape index (κ2) is 6.13. The van der Waals surface area contributed by atoms with E-state index in [-0.39, 0.29) is 16.7 Å². The summed E-state index contributed by atoms with van der Waals surface area (Å²) in [7, 11) is 0. The third-order valence-corrected chi connectivity index (χ3v) is 5.37. The summed E-state index contributed by atoms with van der Waals surface area (Å²) in [6, 6.07) is 4.21. The molecule has 2 heterocycles. The lowest BCUT2D eigenvalue weighted by atomic mass is 9.77. The largest absolute Gasteiger partial charge is 0.503 e. The van der Waals surface area contributed by atoms with Crippen molar-refractivity contribution in [2.45, 2.75) is 5.60 Å². The third kappa shape index (κ3) is 2.24. The number of carbonyl (C=O) groups is 2. The second-order valence-corrected chi connectivity index (χ2v) is 7.03. The number of fused-ring (bicyclic) bond motifs is 6. The fraction of sp³-hybridized carbons (Fsp3) is 0.0476. The van der Waals surface area contributed by atoms with Gasteiger partial charge in [-0.05, 0) is 24.3 Å². The highest BCUT2D eigenvalue weighted by atomic mass is 19.1. The molecule has 0 aromatic heterocycles. The van der Waals surface area contributed by atoms with E-state index in [1.165, 1.54) is 0 Å². The fourth-order valence-electron chi connectivity index (χ4n) is 3.95. The number of benzene rings is 3. The Hall–Kier alpha value is -4.28. The van der Waals surface area contributed by atoms with Crippen molar-refractivity contribution >= 4 is 11.9 Å². The predicted molar refractivity (Wildman–Crippen MR) is 94.8 cm³/mol. The number of hydrogen-bond acceptors (Lipinski definition) is 6. The Morgan fingerprint density at radius 3 is 1.88 bits per heavy atom. The standard InChI is InChI=1S/C21H8F4O7/c22-11-4-9-17(13(24)15(11)26)31-18-10(5-12(23)16(27)14(18)25)21(9)8-2-1-6(19(28)29)3-7(8)20(30)32-21/h1-5,26-27H,(H,28,29). The van der Waals surface area contributed by atoms with E-state index in [0.717, 1.165) is 18.2 Å². The van der Waals surface area contributed by atoms with Crippen LogP contribution in [0.2, 0.25) is 0 Å². The number of esters is 1. The second-order valence-electron chi connectivity index (χ2n) is 7.03. The Bertz CT molecular complexity index is 1340. The molecule has 0 unspecified atom stereocenters. The summed E-state index contributed by atoms with van der Waals surface area (Å²) in [6.07, 6.45) is 0. The average molecular weight is 448 g/mol. The normalized spacial score (nSPS) is 14.9. The number of ether oxygens (including phenoxy) is 2. The van der Waals surface area contributed by atoms with Gasteiger partial charge in [0.2, 0.25) is 11.6 Å². The molecule has 0 amide bonds. The van der Waals surface area contributed by atoms with Crippen LogP contribution in [-0.2, 0) is 10.3 Å². The number of carbonyl (C=O) groups excluding carboxylic acids is 1. The van der Waals surface area contributed by atoms with Crippen molar-refractivity contribution in [2.75, 3.05) is 0 Å². The maximum atomic E-state index is 14.7. The highest BCUT2D eigenvalue weighted by Gasteiger charge is 2.56. The van der Waals surface area contributed by atoms with Crippen molar-refractivity contribution in [3.63, 3.8) is 0 Å². The Kier molecular flexibility index (Phi) is 3.76. The van der Waals surface area contributed by atoms with Gasteiger partial charge in [0, 0.05) is 5.56 Å². The smallest absolute Gasteiger partial charge is 0.340 e.